The summed E-state index contributed by atoms with van der Waals surface area (Å²) in [4.78, 5) is 37.0. The molecule has 0 aromatic rings. The number of nitrogens with one attached hydrogen (secondary N) is 1. The molecule has 5 nitrogen and oxygen atoms in total. The first-order chi connectivity index (χ1) is 10.5. The Hall–Kier alpha value is -1.46. The van der Waals surface area contributed by atoms with Gasteiger partial charge in [0, 0.05) is 13.0 Å². The summed E-state index contributed by atoms with van der Waals surface area (Å²) in [7, 11) is 0. The number of likely N-dealkylation sites (tertiary alicyclic amines) is 1. The molecule has 6 heteroatoms. The fraction of sp³-hybridized carbons (Fsp3) is 0.812. The van der Waals surface area contributed by atoms with Crippen LogP contribution in [-0.2, 0) is 14.4 Å². The van der Waals surface area contributed by atoms with Crippen molar-refractivity contribution < 1.29 is 18.8 Å². The molecule has 0 bridgehead atoms. The zero-order valence-corrected chi connectivity index (χ0v) is 13.1. The van der Waals surface area contributed by atoms with Gasteiger partial charge in [0.25, 0.3) is 0 Å². The van der Waals surface area contributed by atoms with Gasteiger partial charge in [-0.2, -0.15) is 4.39 Å². The van der Waals surface area contributed by atoms with Crippen molar-refractivity contribution in [2.45, 2.75) is 70.4 Å². The molecule has 1 heterocycles. The van der Waals surface area contributed by atoms with Gasteiger partial charge in [-0.3, -0.25) is 14.4 Å². The third kappa shape index (κ3) is 3.84. The molecule has 1 aliphatic heterocycles. The molecule has 1 saturated heterocycles. The van der Waals surface area contributed by atoms with E-state index in [9.17, 15) is 18.8 Å². The maximum Gasteiger partial charge on any atom is 0.323 e. The van der Waals surface area contributed by atoms with Crippen molar-refractivity contribution in [3.05, 3.63) is 0 Å². The predicted octanol–water partition coefficient (Wildman–Crippen LogP) is 1.95. The minimum absolute atomic E-state index is 0.0905. The summed E-state index contributed by atoms with van der Waals surface area (Å²) in [5, 5.41) is 2.81. The van der Waals surface area contributed by atoms with Crippen LogP contribution in [0.5, 0.6) is 0 Å². The second kappa shape index (κ2) is 7.70. The Morgan fingerprint density at radius 1 is 1.14 bits per heavy atom. The molecule has 0 radical (unpaired) electrons. The molecular formula is C16H25FN2O3. The zero-order valence-electron chi connectivity index (χ0n) is 13.1. The van der Waals surface area contributed by atoms with E-state index >= 15 is 0 Å². The first kappa shape index (κ1) is 16.9. The second-order valence-electron chi connectivity index (χ2n) is 6.29. The highest BCUT2D eigenvalue weighted by atomic mass is 19.1. The Balaban J connectivity index is 2.13. The summed E-state index contributed by atoms with van der Waals surface area (Å²) >= 11 is 0. The van der Waals surface area contributed by atoms with Crippen LogP contribution in [0.4, 0.5) is 4.39 Å². The topological polar surface area (TPSA) is 66.5 Å². The molecular weight excluding hydrogens is 287 g/mol. The number of carbonyl (C=O) groups excluding carboxylic acids is 3. The monoisotopic (exact) mass is 312 g/mol. The van der Waals surface area contributed by atoms with Crippen LogP contribution in [0.1, 0.15) is 58.3 Å². The van der Waals surface area contributed by atoms with E-state index < -0.39 is 18.1 Å². The Morgan fingerprint density at radius 3 is 2.41 bits per heavy atom. The van der Waals surface area contributed by atoms with Crippen molar-refractivity contribution >= 4 is 17.9 Å². The lowest BCUT2D eigenvalue weighted by Gasteiger charge is -2.34. The van der Waals surface area contributed by atoms with E-state index in [-0.39, 0.29) is 17.7 Å². The molecule has 22 heavy (non-hydrogen) atoms. The highest BCUT2D eigenvalue weighted by molar-refractivity contribution is 5.91. The molecule has 0 spiro atoms. The molecule has 1 aliphatic carbocycles. The summed E-state index contributed by atoms with van der Waals surface area (Å²) in [6, 6.07) is -3.03. The van der Waals surface area contributed by atoms with E-state index in [1.807, 2.05) is 0 Å². The van der Waals surface area contributed by atoms with Crippen LogP contribution in [0.3, 0.4) is 0 Å². The largest absolute Gasteiger partial charge is 0.344 e. The zero-order chi connectivity index (χ0) is 16.1. The van der Waals surface area contributed by atoms with E-state index in [0.717, 1.165) is 32.1 Å². The molecule has 2 aliphatic rings. The lowest BCUT2D eigenvalue weighted by atomic mass is 9.83. The SMILES string of the molecule is CCC(=O)N[C@H](C(=O)N1CCC[C@H]1C(=O)F)C1CCCCC1. The normalized spacial score (nSPS) is 24.1. The number of rotatable bonds is 5. The predicted molar refractivity (Wildman–Crippen MR) is 79.6 cm³/mol. The van der Waals surface area contributed by atoms with Crippen LogP contribution in [-0.4, -0.2) is 41.4 Å². The van der Waals surface area contributed by atoms with Crippen molar-refractivity contribution in [3.63, 3.8) is 0 Å². The summed E-state index contributed by atoms with van der Waals surface area (Å²) in [6.07, 6.45) is 6.33. The van der Waals surface area contributed by atoms with E-state index in [0.29, 0.717) is 25.8 Å². The third-order valence-electron chi connectivity index (χ3n) is 4.82. The standard InChI is InChI=1S/C16H25FN2O3/c1-2-13(20)18-14(11-7-4-3-5-8-11)16(22)19-10-6-9-12(19)15(17)21/h11-12,14H,2-10H2,1H3,(H,18,20)/t12-,14-/m0/s1. The molecule has 0 unspecified atom stereocenters. The molecule has 0 aromatic carbocycles. The van der Waals surface area contributed by atoms with E-state index in [1.54, 1.807) is 6.92 Å². The number of nitrogens with zero attached hydrogens (tertiary/aromatic N) is 1. The molecule has 2 amide bonds. The van der Waals surface area contributed by atoms with Crippen molar-refractivity contribution in [3.8, 4) is 0 Å². The number of amides is 2. The Kier molecular flexibility index (Phi) is 5.91. The number of hydrogen-bond acceptors (Lipinski definition) is 3. The minimum Gasteiger partial charge on any atom is -0.344 e. The van der Waals surface area contributed by atoms with Crippen LogP contribution in [0.15, 0.2) is 0 Å². The van der Waals surface area contributed by atoms with E-state index in [1.165, 1.54) is 4.90 Å². The Morgan fingerprint density at radius 2 is 1.82 bits per heavy atom. The summed E-state index contributed by atoms with van der Waals surface area (Å²) in [5.41, 5.74) is 0. The van der Waals surface area contributed by atoms with Gasteiger partial charge in [-0.1, -0.05) is 26.2 Å². The van der Waals surface area contributed by atoms with Crippen LogP contribution in [0.2, 0.25) is 0 Å². The lowest BCUT2D eigenvalue weighted by Crippen LogP contribution is -2.54. The molecule has 1 N–H and O–H groups in total. The van der Waals surface area contributed by atoms with Gasteiger partial charge in [0.15, 0.2) is 0 Å². The van der Waals surface area contributed by atoms with Crippen LogP contribution < -0.4 is 5.32 Å². The summed E-state index contributed by atoms with van der Waals surface area (Å²) < 4.78 is 13.1. The third-order valence-corrected chi connectivity index (χ3v) is 4.82. The quantitative estimate of drug-likeness (QED) is 0.789. The summed E-state index contributed by atoms with van der Waals surface area (Å²) in [5.74, 6) is -0.374. The van der Waals surface area contributed by atoms with Crippen molar-refractivity contribution in [2.75, 3.05) is 6.54 Å². The Labute approximate surface area is 130 Å². The van der Waals surface area contributed by atoms with Gasteiger partial charge >= 0.3 is 6.04 Å². The highest BCUT2D eigenvalue weighted by Crippen LogP contribution is 2.29. The lowest BCUT2D eigenvalue weighted by molar-refractivity contribution is -0.146. The first-order valence-corrected chi connectivity index (χ1v) is 8.33. The molecule has 2 fully saturated rings. The molecule has 0 aromatic heterocycles. The van der Waals surface area contributed by atoms with E-state index in [2.05, 4.69) is 5.32 Å². The Bertz CT molecular complexity index is 435. The molecule has 2 atom stereocenters. The van der Waals surface area contributed by atoms with Crippen LogP contribution in [0, 0.1) is 5.92 Å². The van der Waals surface area contributed by atoms with Crippen LogP contribution in [0.25, 0.3) is 0 Å². The average molecular weight is 312 g/mol. The molecule has 1 saturated carbocycles. The van der Waals surface area contributed by atoms with Crippen molar-refractivity contribution in [2.24, 2.45) is 5.92 Å². The number of halogens is 1. The van der Waals surface area contributed by atoms with Gasteiger partial charge in [-0.05, 0) is 31.6 Å². The van der Waals surface area contributed by atoms with Gasteiger partial charge in [0.1, 0.15) is 12.1 Å². The van der Waals surface area contributed by atoms with Crippen molar-refractivity contribution in [1.29, 1.82) is 0 Å². The van der Waals surface area contributed by atoms with Gasteiger partial charge in [0.05, 0.1) is 0 Å². The van der Waals surface area contributed by atoms with Gasteiger partial charge in [-0.25, -0.2) is 0 Å². The summed E-state index contributed by atoms with van der Waals surface area (Å²) in [6.45, 7) is 2.13. The maximum atomic E-state index is 13.1. The van der Waals surface area contributed by atoms with Gasteiger partial charge in [0.2, 0.25) is 11.8 Å². The van der Waals surface area contributed by atoms with Gasteiger partial charge < -0.3 is 10.2 Å². The van der Waals surface area contributed by atoms with Crippen LogP contribution >= 0.6 is 0 Å². The van der Waals surface area contributed by atoms with E-state index in [4.69, 9.17) is 0 Å². The molecule has 124 valence electrons. The molecule has 2 rings (SSSR count). The fourth-order valence-corrected chi connectivity index (χ4v) is 3.57. The second-order valence-corrected chi connectivity index (χ2v) is 6.29. The fourth-order valence-electron chi connectivity index (χ4n) is 3.57. The maximum absolute atomic E-state index is 13.1. The number of hydrogen-bond donors (Lipinski definition) is 1. The first-order valence-electron chi connectivity index (χ1n) is 8.33. The number of carbonyl (C=O) groups is 3. The highest BCUT2D eigenvalue weighted by Gasteiger charge is 2.40. The average Bonchev–Trinajstić information content (AvgIpc) is 3.02. The van der Waals surface area contributed by atoms with Crippen molar-refractivity contribution in [1.82, 2.24) is 10.2 Å². The minimum atomic E-state index is -1.45. The van der Waals surface area contributed by atoms with Gasteiger partial charge in [-0.15, -0.1) is 0 Å². The smallest absolute Gasteiger partial charge is 0.323 e.